The molecule has 0 unspecified atom stereocenters. The van der Waals surface area contributed by atoms with Crippen molar-refractivity contribution in [2.24, 2.45) is 22.4 Å². The molecule has 0 amide bonds. The maximum absolute atomic E-state index is 4.86. The summed E-state index contributed by atoms with van der Waals surface area (Å²) in [5.41, 5.74) is 1.79. The van der Waals surface area contributed by atoms with Crippen LogP contribution < -0.4 is 0 Å². The minimum atomic E-state index is 0.496. The highest BCUT2D eigenvalue weighted by atomic mass is 16.6. The van der Waals surface area contributed by atoms with Crippen LogP contribution >= 0.6 is 0 Å². The van der Waals surface area contributed by atoms with Gasteiger partial charge in [0, 0.05) is 5.92 Å². The Morgan fingerprint density at radius 1 is 1.50 bits per heavy atom. The van der Waals surface area contributed by atoms with Gasteiger partial charge in [-0.05, 0) is 30.6 Å². The quantitative estimate of drug-likeness (QED) is 0.550. The molecule has 2 heteroatoms. The van der Waals surface area contributed by atoms with E-state index in [2.05, 4.69) is 19.0 Å². The summed E-state index contributed by atoms with van der Waals surface area (Å²) in [6.07, 6.45) is 3.81. The van der Waals surface area contributed by atoms with Crippen molar-refractivity contribution in [2.75, 3.05) is 7.11 Å². The van der Waals surface area contributed by atoms with Gasteiger partial charge >= 0.3 is 0 Å². The predicted molar refractivity (Wildman–Crippen MR) is 49.1 cm³/mol. The molecule has 3 aliphatic carbocycles. The van der Waals surface area contributed by atoms with Gasteiger partial charge in [-0.2, -0.15) is 0 Å². The monoisotopic (exact) mass is 167 g/mol. The zero-order valence-corrected chi connectivity index (χ0v) is 8.13. The van der Waals surface area contributed by atoms with Crippen LogP contribution in [0.5, 0.6) is 0 Å². The van der Waals surface area contributed by atoms with Crippen LogP contribution in [0.3, 0.4) is 0 Å². The molecule has 0 spiro atoms. The van der Waals surface area contributed by atoms with E-state index in [0.717, 1.165) is 12.3 Å². The van der Waals surface area contributed by atoms with Crippen molar-refractivity contribution in [2.45, 2.75) is 33.1 Å². The molecule has 12 heavy (non-hydrogen) atoms. The van der Waals surface area contributed by atoms with Crippen LogP contribution in [0.2, 0.25) is 0 Å². The summed E-state index contributed by atoms with van der Waals surface area (Å²) in [4.78, 5) is 4.86. The summed E-state index contributed by atoms with van der Waals surface area (Å²) in [6.45, 7) is 4.71. The Bertz CT molecular complexity index is 218. The minimum absolute atomic E-state index is 0.496. The molecule has 0 aromatic carbocycles. The molecule has 0 saturated heterocycles. The molecule has 0 radical (unpaired) electrons. The second-order valence-electron chi connectivity index (χ2n) is 4.61. The smallest absolute Gasteiger partial charge is 0.106 e. The Morgan fingerprint density at radius 3 is 2.75 bits per heavy atom. The molecular formula is C10H17NO. The summed E-state index contributed by atoms with van der Waals surface area (Å²) in [7, 11) is 1.64. The van der Waals surface area contributed by atoms with E-state index in [0.29, 0.717) is 11.3 Å². The first kappa shape index (κ1) is 8.09. The summed E-state index contributed by atoms with van der Waals surface area (Å²) in [5, 5.41) is 4.11. The second kappa shape index (κ2) is 2.48. The zero-order valence-electron chi connectivity index (χ0n) is 8.13. The van der Waals surface area contributed by atoms with E-state index < -0.39 is 0 Å². The van der Waals surface area contributed by atoms with Gasteiger partial charge in [0.15, 0.2) is 0 Å². The lowest BCUT2D eigenvalue weighted by Gasteiger charge is -2.56. The normalized spacial score (nSPS) is 40.8. The van der Waals surface area contributed by atoms with E-state index in [1.807, 2.05) is 0 Å². The van der Waals surface area contributed by atoms with Crippen LogP contribution in [0.4, 0.5) is 0 Å². The number of rotatable bonds is 1. The van der Waals surface area contributed by atoms with E-state index in [4.69, 9.17) is 4.84 Å². The summed E-state index contributed by atoms with van der Waals surface area (Å²) < 4.78 is 0. The average Bonchev–Trinajstić information content (AvgIpc) is 2.05. The van der Waals surface area contributed by atoms with Gasteiger partial charge in [0.25, 0.3) is 0 Å². The predicted octanol–water partition coefficient (Wildman–Crippen LogP) is 2.44. The highest BCUT2D eigenvalue weighted by Gasteiger charge is 2.53. The average molecular weight is 167 g/mol. The standard InChI is InChI=1S/C10H17NO/c1-10(2)7-4-5-9(11-12-3)8(10)6-7/h7-8H,4-6H2,1-3H3/b11-9+/t7-,8-/m1/s1. The highest BCUT2D eigenvalue weighted by Crippen LogP contribution is 2.57. The van der Waals surface area contributed by atoms with Crippen molar-refractivity contribution >= 4 is 5.71 Å². The molecule has 2 bridgehead atoms. The van der Waals surface area contributed by atoms with E-state index in [9.17, 15) is 0 Å². The lowest BCUT2D eigenvalue weighted by atomic mass is 9.48. The van der Waals surface area contributed by atoms with Crippen molar-refractivity contribution in [1.82, 2.24) is 0 Å². The molecule has 3 rings (SSSR count). The molecule has 0 heterocycles. The molecule has 0 aliphatic heterocycles. The van der Waals surface area contributed by atoms with Crippen molar-refractivity contribution in [3.63, 3.8) is 0 Å². The van der Waals surface area contributed by atoms with Crippen LogP contribution in [-0.2, 0) is 4.84 Å². The third-order valence-corrected chi connectivity index (χ3v) is 3.83. The van der Waals surface area contributed by atoms with Crippen LogP contribution in [0.25, 0.3) is 0 Å². The Balaban J connectivity index is 2.16. The third-order valence-electron chi connectivity index (χ3n) is 3.83. The molecule has 3 aliphatic rings. The molecule has 0 N–H and O–H groups in total. The van der Waals surface area contributed by atoms with Crippen molar-refractivity contribution < 1.29 is 4.84 Å². The molecule has 0 aromatic rings. The topological polar surface area (TPSA) is 21.6 Å². The van der Waals surface area contributed by atoms with Gasteiger partial charge in [-0.15, -0.1) is 0 Å². The molecule has 2 atom stereocenters. The van der Waals surface area contributed by atoms with E-state index >= 15 is 0 Å². The third kappa shape index (κ3) is 0.900. The largest absolute Gasteiger partial charge is 0.399 e. The van der Waals surface area contributed by atoms with Gasteiger partial charge in [-0.25, -0.2) is 0 Å². The Morgan fingerprint density at radius 2 is 2.25 bits per heavy atom. The van der Waals surface area contributed by atoms with E-state index in [-0.39, 0.29) is 0 Å². The lowest BCUT2D eigenvalue weighted by Crippen LogP contribution is -2.52. The van der Waals surface area contributed by atoms with Crippen LogP contribution in [-0.4, -0.2) is 12.8 Å². The first-order valence-electron chi connectivity index (χ1n) is 4.76. The number of oxime groups is 1. The van der Waals surface area contributed by atoms with E-state index in [1.165, 1.54) is 18.6 Å². The van der Waals surface area contributed by atoms with Crippen molar-refractivity contribution in [3.05, 3.63) is 0 Å². The molecule has 2 nitrogen and oxygen atoms in total. The fourth-order valence-electron chi connectivity index (χ4n) is 2.79. The second-order valence-corrected chi connectivity index (χ2v) is 4.61. The van der Waals surface area contributed by atoms with Gasteiger partial charge in [0.05, 0.1) is 5.71 Å². The number of nitrogens with zero attached hydrogens (tertiary/aromatic N) is 1. The van der Waals surface area contributed by atoms with Gasteiger partial charge in [0.1, 0.15) is 7.11 Å². The molecule has 3 fully saturated rings. The summed E-state index contributed by atoms with van der Waals surface area (Å²) >= 11 is 0. The number of hydrogen-bond acceptors (Lipinski definition) is 2. The lowest BCUT2D eigenvalue weighted by molar-refractivity contribution is -0.00197. The molecular weight excluding hydrogens is 150 g/mol. The Labute approximate surface area is 74.0 Å². The van der Waals surface area contributed by atoms with Crippen LogP contribution in [0.15, 0.2) is 5.16 Å². The van der Waals surface area contributed by atoms with Crippen LogP contribution in [0.1, 0.15) is 33.1 Å². The Kier molecular flexibility index (Phi) is 1.67. The maximum Gasteiger partial charge on any atom is 0.106 e. The fraction of sp³-hybridized carbons (Fsp3) is 0.900. The summed E-state index contributed by atoms with van der Waals surface area (Å²) in [5.74, 6) is 1.65. The van der Waals surface area contributed by atoms with Crippen LogP contribution in [0, 0.1) is 17.3 Å². The molecule has 68 valence electrons. The SMILES string of the molecule is CO/N=C1\CC[C@@H]2C[C@H]1C2(C)C. The first-order valence-corrected chi connectivity index (χ1v) is 4.76. The molecule has 0 aromatic heterocycles. The fourth-order valence-corrected chi connectivity index (χ4v) is 2.79. The van der Waals surface area contributed by atoms with Gasteiger partial charge in [0.2, 0.25) is 0 Å². The highest BCUT2D eigenvalue weighted by molar-refractivity contribution is 5.89. The first-order chi connectivity index (χ1) is 5.66. The minimum Gasteiger partial charge on any atom is -0.399 e. The zero-order chi connectivity index (χ0) is 8.77. The van der Waals surface area contributed by atoms with Gasteiger partial charge in [-0.1, -0.05) is 19.0 Å². The van der Waals surface area contributed by atoms with Crippen molar-refractivity contribution in [3.8, 4) is 0 Å². The summed E-state index contributed by atoms with van der Waals surface area (Å²) in [6, 6.07) is 0. The van der Waals surface area contributed by atoms with Crippen molar-refractivity contribution in [1.29, 1.82) is 0 Å². The van der Waals surface area contributed by atoms with Gasteiger partial charge in [-0.3, -0.25) is 0 Å². The number of fused-ring (bicyclic) bond motifs is 2. The molecule has 3 saturated carbocycles. The van der Waals surface area contributed by atoms with E-state index in [1.54, 1.807) is 7.11 Å². The number of hydrogen-bond donors (Lipinski definition) is 0. The van der Waals surface area contributed by atoms with Gasteiger partial charge < -0.3 is 4.84 Å². The maximum atomic E-state index is 4.86. The Hall–Kier alpha value is -0.530.